The number of rotatable bonds is 7. The molecule has 7 heteroatoms. The molecule has 0 saturated carbocycles. The molecule has 0 radical (unpaired) electrons. The van der Waals surface area contributed by atoms with Crippen molar-refractivity contribution in [3.63, 3.8) is 0 Å². The van der Waals surface area contributed by atoms with Crippen molar-refractivity contribution in [2.75, 3.05) is 6.61 Å². The van der Waals surface area contributed by atoms with Crippen molar-refractivity contribution in [3.05, 3.63) is 63.9 Å². The molecule has 0 fully saturated rings. The number of carbonyl (C=O) groups excluding carboxylic acids is 1. The van der Waals surface area contributed by atoms with Crippen LogP contribution in [-0.4, -0.2) is 27.4 Å². The van der Waals surface area contributed by atoms with Crippen molar-refractivity contribution in [1.29, 1.82) is 0 Å². The molecular weight excluding hydrogens is 396 g/mol. The van der Waals surface area contributed by atoms with Crippen molar-refractivity contribution in [2.24, 2.45) is 0 Å². The van der Waals surface area contributed by atoms with Gasteiger partial charge in [0.25, 0.3) is 5.56 Å². The average molecular weight is 417 g/mol. The molecule has 2 aromatic carbocycles. The normalized spacial score (nSPS) is 12.1. The number of esters is 1. The number of nitrogens with zero attached hydrogens (tertiary/aromatic N) is 2. The molecule has 0 saturated heterocycles. The Bertz CT molecular complexity index is 1030. The van der Waals surface area contributed by atoms with Crippen LogP contribution in [0.15, 0.2) is 58.5 Å². The molecule has 3 aromatic rings. The van der Waals surface area contributed by atoms with Gasteiger partial charge in [-0.05, 0) is 49.7 Å². The van der Waals surface area contributed by atoms with Crippen molar-refractivity contribution in [2.45, 2.75) is 37.1 Å². The molecule has 0 unspecified atom stereocenters. The minimum absolute atomic E-state index is 0.186. The predicted octanol–water partition coefficient (Wildman–Crippen LogP) is 4.86. The fraction of sp³-hybridized carbons (Fsp3) is 0.286. The van der Waals surface area contributed by atoms with Gasteiger partial charge in [0.2, 0.25) is 0 Å². The zero-order chi connectivity index (χ0) is 20.1. The maximum atomic E-state index is 13.2. The second-order valence-corrected chi connectivity index (χ2v) is 7.78. The summed E-state index contributed by atoms with van der Waals surface area (Å²) in [6.07, 6.45) is 1.45. The van der Waals surface area contributed by atoms with E-state index in [0.717, 1.165) is 6.42 Å². The predicted molar refractivity (Wildman–Crippen MR) is 114 cm³/mol. The van der Waals surface area contributed by atoms with E-state index in [1.807, 2.05) is 19.1 Å². The highest BCUT2D eigenvalue weighted by atomic mass is 35.5. The van der Waals surface area contributed by atoms with Gasteiger partial charge in [-0.15, -0.1) is 0 Å². The number of benzene rings is 2. The maximum Gasteiger partial charge on any atom is 0.319 e. The average Bonchev–Trinajstić information content (AvgIpc) is 2.69. The van der Waals surface area contributed by atoms with Crippen LogP contribution in [0, 0.1) is 0 Å². The van der Waals surface area contributed by atoms with E-state index in [4.69, 9.17) is 16.3 Å². The van der Waals surface area contributed by atoms with Gasteiger partial charge in [-0.2, -0.15) is 0 Å². The molecule has 0 amide bonds. The van der Waals surface area contributed by atoms with E-state index >= 15 is 0 Å². The van der Waals surface area contributed by atoms with E-state index in [9.17, 15) is 9.59 Å². The molecule has 3 rings (SSSR count). The Hall–Kier alpha value is -2.31. The molecule has 1 atom stereocenters. The number of fused-ring (bicyclic) bond motifs is 1. The molecule has 0 bridgehead atoms. The minimum Gasteiger partial charge on any atom is -0.465 e. The fourth-order valence-electron chi connectivity index (χ4n) is 2.86. The summed E-state index contributed by atoms with van der Waals surface area (Å²) in [4.78, 5) is 30.3. The minimum atomic E-state index is -0.434. The van der Waals surface area contributed by atoms with Gasteiger partial charge in [-0.3, -0.25) is 14.2 Å². The highest BCUT2D eigenvalue weighted by Gasteiger charge is 2.24. The summed E-state index contributed by atoms with van der Waals surface area (Å²) in [5.41, 5.74) is 1.06. The lowest BCUT2D eigenvalue weighted by Gasteiger charge is -2.18. The quantitative estimate of drug-likeness (QED) is 0.312. The second kappa shape index (κ2) is 9.26. The number of para-hydroxylation sites is 1. The summed E-state index contributed by atoms with van der Waals surface area (Å²) in [5, 5.41) is 1.12. The Morgan fingerprint density at radius 1 is 1.18 bits per heavy atom. The van der Waals surface area contributed by atoms with Crippen LogP contribution in [-0.2, 0) is 9.53 Å². The molecule has 0 aliphatic heterocycles. The van der Waals surface area contributed by atoms with E-state index in [2.05, 4.69) is 4.98 Å². The van der Waals surface area contributed by atoms with Crippen LogP contribution in [0.2, 0.25) is 5.02 Å². The molecule has 1 heterocycles. The molecule has 0 aliphatic rings. The molecular formula is C21H21ClN2O3S. The van der Waals surface area contributed by atoms with Crippen LogP contribution in [0.5, 0.6) is 0 Å². The monoisotopic (exact) mass is 416 g/mol. The van der Waals surface area contributed by atoms with Crippen LogP contribution in [0.25, 0.3) is 16.6 Å². The Balaban J connectivity index is 2.16. The van der Waals surface area contributed by atoms with Crippen molar-refractivity contribution in [3.8, 4) is 5.69 Å². The number of aromatic nitrogens is 2. The van der Waals surface area contributed by atoms with Gasteiger partial charge >= 0.3 is 5.97 Å². The number of carbonyl (C=O) groups is 1. The van der Waals surface area contributed by atoms with Crippen LogP contribution in [0.3, 0.4) is 0 Å². The first-order valence-electron chi connectivity index (χ1n) is 9.16. The molecule has 28 heavy (non-hydrogen) atoms. The Kier molecular flexibility index (Phi) is 6.75. The third-order valence-corrected chi connectivity index (χ3v) is 5.63. The van der Waals surface area contributed by atoms with E-state index in [0.29, 0.717) is 39.8 Å². The number of thioether (sulfide) groups is 1. The van der Waals surface area contributed by atoms with Crippen molar-refractivity contribution in [1.82, 2.24) is 9.55 Å². The number of hydrogen-bond donors (Lipinski definition) is 0. The summed E-state index contributed by atoms with van der Waals surface area (Å²) < 4.78 is 6.75. The summed E-state index contributed by atoms with van der Waals surface area (Å²) in [6.45, 7) is 4.10. The lowest BCUT2D eigenvalue weighted by molar-refractivity contribution is -0.142. The van der Waals surface area contributed by atoms with Crippen LogP contribution >= 0.6 is 23.4 Å². The van der Waals surface area contributed by atoms with E-state index in [1.165, 1.54) is 16.3 Å². The van der Waals surface area contributed by atoms with Crippen LogP contribution < -0.4 is 5.56 Å². The van der Waals surface area contributed by atoms with Crippen molar-refractivity contribution >= 4 is 40.2 Å². The van der Waals surface area contributed by atoms with Gasteiger partial charge in [0.15, 0.2) is 5.16 Å². The molecule has 0 aliphatic carbocycles. The topological polar surface area (TPSA) is 61.2 Å². The highest BCUT2D eigenvalue weighted by molar-refractivity contribution is 8.00. The number of ether oxygens (including phenoxy) is 1. The summed E-state index contributed by atoms with van der Waals surface area (Å²) in [6, 6.07) is 14.2. The highest BCUT2D eigenvalue weighted by Crippen LogP contribution is 2.28. The smallest absolute Gasteiger partial charge is 0.319 e. The third-order valence-electron chi connectivity index (χ3n) is 4.18. The summed E-state index contributed by atoms with van der Waals surface area (Å²) in [5.74, 6) is -0.292. The largest absolute Gasteiger partial charge is 0.465 e. The van der Waals surface area contributed by atoms with E-state index in [1.54, 1.807) is 43.3 Å². The zero-order valence-electron chi connectivity index (χ0n) is 15.7. The third kappa shape index (κ3) is 4.39. The first-order valence-corrected chi connectivity index (χ1v) is 10.4. The Labute approximate surface area is 172 Å². The standard InChI is InChI=1S/C21H21ClN2O3S/c1-3-7-18(20(26)27-4-2)28-21-23-17-9-6-5-8-16(17)19(25)24(21)15-12-10-14(22)11-13-15/h5-6,8-13,18H,3-4,7H2,1-2H3/t18-/m1/s1. The molecule has 146 valence electrons. The van der Waals surface area contributed by atoms with Gasteiger partial charge < -0.3 is 4.74 Å². The van der Waals surface area contributed by atoms with E-state index in [-0.39, 0.29) is 11.5 Å². The molecule has 0 spiro atoms. The molecule has 1 aromatic heterocycles. The van der Waals surface area contributed by atoms with Gasteiger partial charge in [-0.25, -0.2) is 4.98 Å². The van der Waals surface area contributed by atoms with Crippen LogP contribution in [0.4, 0.5) is 0 Å². The first-order chi connectivity index (χ1) is 13.5. The summed E-state index contributed by atoms with van der Waals surface area (Å²) in [7, 11) is 0. The van der Waals surface area contributed by atoms with E-state index < -0.39 is 5.25 Å². The fourth-order valence-corrected chi connectivity index (χ4v) is 4.20. The Morgan fingerprint density at radius 3 is 2.57 bits per heavy atom. The van der Waals surface area contributed by atoms with Gasteiger partial charge in [0, 0.05) is 5.02 Å². The SMILES string of the molecule is CCC[C@@H](Sc1nc2ccccc2c(=O)n1-c1ccc(Cl)cc1)C(=O)OCC. The zero-order valence-corrected chi connectivity index (χ0v) is 17.3. The Morgan fingerprint density at radius 2 is 1.89 bits per heavy atom. The molecule has 0 N–H and O–H groups in total. The summed E-state index contributed by atoms with van der Waals surface area (Å²) >= 11 is 7.27. The molecule has 5 nitrogen and oxygen atoms in total. The van der Waals surface area contributed by atoms with Gasteiger partial charge in [0.05, 0.1) is 23.2 Å². The lowest BCUT2D eigenvalue weighted by Crippen LogP contribution is -2.25. The number of halogens is 1. The lowest BCUT2D eigenvalue weighted by atomic mass is 10.2. The van der Waals surface area contributed by atoms with Gasteiger partial charge in [-0.1, -0.05) is 48.8 Å². The first kappa shape index (κ1) is 20.4. The van der Waals surface area contributed by atoms with Crippen LogP contribution in [0.1, 0.15) is 26.7 Å². The second-order valence-electron chi connectivity index (χ2n) is 6.18. The van der Waals surface area contributed by atoms with Gasteiger partial charge in [0.1, 0.15) is 5.25 Å². The number of hydrogen-bond acceptors (Lipinski definition) is 5. The van der Waals surface area contributed by atoms with Crippen molar-refractivity contribution < 1.29 is 9.53 Å². The maximum absolute atomic E-state index is 13.2.